The fourth-order valence-corrected chi connectivity index (χ4v) is 4.33. The first-order valence-electron chi connectivity index (χ1n) is 9.96. The van der Waals surface area contributed by atoms with Gasteiger partial charge in [0.05, 0.1) is 6.04 Å². The summed E-state index contributed by atoms with van der Waals surface area (Å²) in [5.74, 6) is -0.592. The van der Waals surface area contributed by atoms with Crippen LogP contribution < -0.4 is 0 Å². The van der Waals surface area contributed by atoms with Crippen LogP contribution in [0.3, 0.4) is 0 Å². The van der Waals surface area contributed by atoms with Gasteiger partial charge in [0.15, 0.2) is 0 Å². The van der Waals surface area contributed by atoms with Crippen molar-refractivity contribution in [3.05, 3.63) is 81.2 Å². The first kappa shape index (κ1) is 20.4. The smallest absolute Gasteiger partial charge is 0.267 e. The Kier molecular flexibility index (Phi) is 5.53. The molecule has 2 aromatic rings. The summed E-state index contributed by atoms with van der Waals surface area (Å²) in [6.45, 7) is -0.465. The number of hydrogen-bond donors (Lipinski definition) is 1. The molecule has 30 heavy (non-hydrogen) atoms. The Morgan fingerprint density at radius 1 is 1.27 bits per heavy atom. The summed E-state index contributed by atoms with van der Waals surface area (Å²) in [4.78, 5) is 25.9. The molecule has 1 saturated heterocycles. The highest BCUT2D eigenvalue weighted by Crippen LogP contribution is 2.37. The molecule has 3 atom stereocenters. The molecular formula is C22H23FN2O5. The number of halogens is 1. The molecule has 1 fully saturated rings. The number of amides is 1. The molecule has 0 spiro atoms. The standard InChI is InChI=1S/C22H23FN2O5/c23-17-7-5-16(6-8-17)20-18-4-2-1-3-15(18)10-12-24(20)21(27)19-9-11-22(13-26,14-30-19)25(28)29/h1-8,19-20,26H,9-14H2/t19-,20+,22+/m1/s1. The minimum absolute atomic E-state index is 0.0680. The van der Waals surface area contributed by atoms with Gasteiger partial charge in [0.1, 0.15) is 25.1 Å². The van der Waals surface area contributed by atoms with Gasteiger partial charge in [-0.05, 0) is 41.7 Å². The molecule has 0 saturated carbocycles. The van der Waals surface area contributed by atoms with E-state index in [9.17, 15) is 24.4 Å². The Hall–Kier alpha value is -2.84. The molecule has 0 aliphatic carbocycles. The van der Waals surface area contributed by atoms with Crippen LogP contribution in [0.4, 0.5) is 4.39 Å². The van der Waals surface area contributed by atoms with E-state index in [0.717, 1.165) is 16.7 Å². The molecule has 8 heteroatoms. The molecule has 2 aliphatic rings. The summed E-state index contributed by atoms with van der Waals surface area (Å²) in [5, 5.41) is 20.8. The Morgan fingerprint density at radius 3 is 2.63 bits per heavy atom. The zero-order chi connectivity index (χ0) is 21.3. The Morgan fingerprint density at radius 2 is 2.00 bits per heavy atom. The first-order chi connectivity index (χ1) is 14.4. The monoisotopic (exact) mass is 414 g/mol. The van der Waals surface area contributed by atoms with Gasteiger partial charge in [0.25, 0.3) is 11.4 Å². The van der Waals surface area contributed by atoms with Crippen molar-refractivity contribution in [3.8, 4) is 0 Å². The molecule has 0 aromatic heterocycles. The number of aliphatic hydroxyl groups is 1. The van der Waals surface area contributed by atoms with E-state index in [-0.39, 0.29) is 37.2 Å². The number of ether oxygens (including phenoxy) is 1. The van der Waals surface area contributed by atoms with Crippen LogP contribution in [0.5, 0.6) is 0 Å². The van der Waals surface area contributed by atoms with Gasteiger partial charge in [0, 0.05) is 17.9 Å². The maximum atomic E-state index is 13.5. The van der Waals surface area contributed by atoms with E-state index in [1.54, 1.807) is 17.0 Å². The summed E-state index contributed by atoms with van der Waals surface area (Å²) in [7, 11) is 0. The molecule has 2 aliphatic heterocycles. The molecular weight excluding hydrogens is 391 g/mol. The molecule has 7 nitrogen and oxygen atoms in total. The zero-order valence-electron chi connectivity index (χ0n) is 16.4. The van der Waals surface area contributed by atoms with E-state index in [1.165, 1.54) is 12.1 Å². The van der Waals surface area contributed by atoms with E-state index < -0.39 is 23.2 Å². The van der Waals surface area contributed by atoms with Gasteiger partial charge in [-0.25, -0.2) is 4.39 Å². The average Bonchev–Trinajstić information content (AvgIpc) is 2.78. The van der Waals surface area contributed by atoms with Crippen LogP contribution in [0.2, 0.25) is 0 Å². The van der Waals surface area contributed by atoms with E-state index >= 15 is 0 Å². The number of carbonyl (C=O) groups is 1. The Balaban J connectivity index is 1.62. The van der Waals surface area contributed by atoms with Crippen molar-refractivity contribution in [3.63, 3.8) is 0 Å². The average molecular weight is 414 g/mol. The highest BCUT2D eigenvalue weighted by molar-refractivity contribution is 5.82. The summed E-state index contributed by atoms with van der Waals surface area (Å²) in [6.07, 6.45) is 0.104. The van der Waals surface area contributed by atoms with Crippen molar-refractivity contribution in [2.24, 2.45) is 0 Å². The molecule has 0 radical (unpaired) electrons. The third-order valence-electron chi connectivity index (χ3n) is 6.13. The molecule has 0 unspecified atom stereocenters. The largest absolute Gasteiger partial charge is 0.389 e. The van der Waals surface area contributed by atoms with Gasteiger partial charge in [-0.1, -0.05) is 36.4 Å². The summed E-state index contributed by atoms with van der Waals surface area (Å²) < 4.78 is 19.1. The van der Waals surface area contributed by atoms with Crippen molar-refractivity contribution in [2.75, 3.05) is 19.8 Å². The van der Waals surface area contributed by atoms with Crippen LogP contribution >= 0.6 is 0 Å². The minimum atomic E-state index is -1.55. The van der Waals surface area contributed by atoms with Gasteiger partial charge < -0.3 is 14.7 Å². The van der Waals surface area contributed by atoms with Crippen LogP contribution in [0.15, 0.2) is 48.5 Å². The highest BCUT2D eigenvalue weighted by Gasteiger charge is 2.49. The predicted molar refractivity (Wildman–Crippen MR) is 106 cm³/mol. The van der Waals surface area contributed by atoms with Gasteiger partial charge in [-0.2, -0.15) is 0 Å². The van der Waals surface area contributed by atoms with Crippen LogP contribution in [-0.4, -0.2) is 52.2 Å². The molecule has 2 aromatic carbocycles. The van der Waals surface area contributed by atoms with E-state index in [2.05, 4.69) is 0 Å². The Bertz CT molecular complexity index is 941. The second kappa shape index (κ2) is 8.12. The lowest BCUT2D eigenvalue weighted by molar-refractivity contribution is -0.583. The number of carbonyl (C=O) groups excluding carboxylic acids is 1. The lowest BCUT2D eigenvalue weighted by Gasteiger charge is -2.41. The fraction of sp³-hybridized carbons (Fsp3) is 0.409. The van der Waals surface area contributed by atoms with Gasteiger partial charge in [-0.3, -0.25) is 14.9 Å². The molecule has 2 heterocycles. The fourth-order valence-electron chi connectivity index (χ4n) is 4.33. The second-order valence-electron chi connectivity index (χ2n) is 7.91. The number of benzene rings is 2. The summed E-state index contributed by atoms with van der Waals surface area (Å²) in [6, 6.07) is 13.6. The lowest BCUT2D eigenvalue weighted by Crippen LogP contribution is -2.55. The highest BCUT2D eigenvalue weighted by atomic mass is 19.1. The van der Waals surface area contributed by atoms with Crippen LogP contribution in [0.1, 0.15) is 35.6 Å². The number of rotatable bonds is 4. The maximum absolute atomic E-state index is 13.5. The van der Waals surface area contributed by atoms with Crippen molar-refractivity contribution in [1.82, 2.24) is 4.90 Å². The third kappa shape index (κ3) is 3.57. The molecule has 1 N–H and O–H groups in total. The minimum Gasteiger partial charge on any atom is -0.389 e. The topological polar surface area (TPSA) is 92.9 Å². The molecule has 4 rings (SSSR count). The van der Waals surface area contributed by atoms with Crippen molar-refractivity contribution in [2.45, 2.75) is 36.9 Å². The van der Waals surface area contributed by atoms with E-state index in [1.807, 2.05) is 24.3 Å². The zero-order valence-corrected chi connectivity index (χ0v) is 16.4. The van der Waals surface area contributed by atoms with Gasteiger partial charge in [0.2, 0.25) is 0 Å². The van der Waals surface area contributed by atoms with Crippen LogP contribution in [-0.2, 0) is 16.0 Å². The van der Waals surface area contributed by atoms with E-state index in [0.29, 0.717) is 13.0 Å². The van der Waals surface area contributed by atoms with Gasteiger partial charge >= 0.3 is 0 Å². The summed E-state index contributed by atoms with van der Waals surface area (Å²) >= 11 is 0. The normalized spacial score (nSPS) is 26.1. The first-order valence-corrected chi connectivity index (χ1v) is 9.96. The summed E-state index contributed by atoms with van der Waals surface area (Å²) in [5.41, 5.74) is 1.35. The van der Waals surface area contributed by atoms with Crippen LogP contribution in [0, 0.1) is 15.9 Å². The SMILES string of the molecule is O=C([C@H]1CC[C@@](CO)([N+](=O)[O-])CO1)N1CCc2ccccc2[C@@H]1c1ccc(F)cc1. The third-order valence-corrected chi connectivity index (χ3v) is 6.13. The van der Waals surface area contributed by atoms with Crippen molar-refractivity contribution >= 4 is 5.91 Å². The maximum Gasteiger partial charge on any atom is 0.267 e. The number of nitrogens with zero attached hydrogens (tertiary/aromatic N) is 2. The lowest BCUT2D eigenvalue weighted by atomic mass is 9.86. The molecule has 158 valence electrons. The Labute approximate surface area is 173 Å². The van der Waals surface area contributed by atoms with Crippen LogP contribution in [0.25, 0.3) is 0 Å². The second-order valence-corrected chi connectivity index (χ2v) is 7.91. The number of nitro groups is 1. The molecule has 1 amide bonds. The number of aliphatic hydroxyl groups excluding tert-OH is 1. The van der Waals surface area contributed by atoms with E-state index in [4.69, 9.17) is 4.74 Å². The predicted octanol–water partition coefficient (Wildman–Crippen LogP) is 2.49. The van der Waals surface area contributed by atoms with Crippen molar-refractivity contribution < 1.29 is 24.0 Å². The molecule has 0 bridgehead atoms. The van der Waals surface area contributed by atoms with Gasteiger partial charge in [-0.15, -0.1) is 0 Å². The van der Waals surface area contributed by atoms with Crippen molar-refractivity contribution in [1.29, 1.82) is 0 Å². The number of hydrogen-bond acceptors (Lipinski definition) is 5. The number of fused-ring (bicyclic) bond motifs is 1. The quantitative estimate of drug-likeness (QED) is 0.613.